The van der Waals surface area contributed by atoms with Gasteiger partial charge in [-0.1, -0.05) is 309 Å². The molecule has 0 aliphatic carbocycles. The largest absolute Gasteiger partial charge is 0.309 e. The molecule has 0 saturated heterocycles. The molecular weight excluding hydrogens is 1470 g/mol. The minimum atomic E-state index is 0.608. The molecule has 12 heteroatoms. The van der Waals surface area contributed by atoms with Crippen LogP contribution in [0.2, 0.25) is 0 Å². The molecule has 0 radical (unpaired) electrons. The number of hydrogen-bond acceptors (Lipinski definition) is 8. The Morgan fingerprint density at radius 3 is 0.683 bits per heavy atom. The monoisotopic (exact) mass is 1530 g/mol. The molecule has 12 nitrogen and oxygen atoms in total. The van der Waals surface area contributed by atoms with E-state index >= 15 is 0 Å². The molecule has 8 aromatic heterocycles. The quantitative estimate of drug-likeness (QED) is 0.119. The molecule has 120 heavy (non-hydrogen) atoms. The average molecular weight is 1530 g/mol. The van der Waals surface area contributed by atoms with Gasteiger partial charge in [0.2, 0.25) is 0 Å². The van der Waals surface area contributed by atoms with Gasteiger partial charge in [-0.05, 0) is 125 Å². The molecule has 560 valence electrons. The first kappa shape index (κ1) is 69.1. The predicted octanol–water partition coefficient (Wildman–Crippen LogP) is 26.6. The lowest BCUT2D eigenvalue weighted by Crippen LogP contribution is -2.01. The Balaban J connectivity index is 0.000000140. The van der Waals surface area contributed by atoms with E-state index in [1.54, 1.807) is 0 Å². The van der Waals surface area contributed by atoms with Gasteiger partial charge in [-0.25, -0.2) is 39.9 Å². The second kappa shape index (κ2) is 28.8. The number of benzene rings is 16. The molecule has 0 N–H and O–H groups in total. The van der Waals surface area contributed by atoms with Crippen molar-refractivity contribution in [3.63, 3.8) is 0 Å². The topological polar surface area (TPSA) is 123 Å². The maximum Gasteiger partial charge on any atom is 0.164 e. The van der Waals surface area contributed by atoms with E-state index in [9.17, 15) is 0 Å². The number of fused-ring (bicyclic) bond motifs is 14. The van der Waals surface area contributed by atoms with Crippen molar-refractivity contribution in [2.75, 3.05) is 0 Å². The zero-order valence-electron chi connectivity index (χ0n) is 64.6. The molecule has 0 unspecified atom stereocenters. The fourth-order valence-electron chi connectivity index (χ4n) is 17.6. The molecule has 0 bridgehead atoms. The standard InChI is InChI=1S/2C54H34N6/c1-3-16-35(17-4-1)52-56-53(36-18-5-2-6-19-36)58-54(57-52)38-21-15-20-37(32-38)44-34-51(60-49-28-13-9-24-42(49)43-25-10-14-29-50(43)60)55-46-31-30-39(33-45(44)46)59-47-26-11-7-22-40(47)41-23-8-12-27-48(41)59;1-3-15-36(16-4-1)52-56-53(37-17-5-2-6-18-37)58-54(57-52)38-29-27-35(28-30-38)44-34-51(60-49-25-13-9-21-42(49)43-22-10-14-26-50(43)60)55-46-32-31-39(33-45(44)46)59-47-23-11-7-19-40(47)41-20-8-12-24-48(41)59/h2*1-34H. The predicted molar refractivity (Wildman–Crippen MR) is 491 cm³/mol. The summed E-state index contributed by atoms with van der Waals surface area (Å²) in [6, 6.07) is 144. The van der Waals surface area contributed by atoms with Crippen molar-refractivity contribution in [1.82, 2.24) is 58.1 Å². The summed E-state index contributed by atoms with van der Waals surface area (Å²) in [5.41, 5.74) is 22.9. The van der Waals surface area contributed by atoms with Crippen LogP contribution in [0.3, 0.4) is 0 Å². The average Bonchev–Trinajstić information content (AvgIpc) is 1.69. The second-order valence-electron chi connectivity index (χ2n) is 30.2. The van der Waals surface area contributed by atoms with Crippen molar-refractivity contribution in [1.29, 1.82) is 0 Å². The van der Waals surface area contributed by atoms with Crippen LogP contribution in [-0.2, 0) is 0 Å². The van der Waals surface area contributed by atoms with Crippen LogP contribution in [0.15, 0.2) is 413 Å². The van der Waals surface area contributed by atoms with Gasteiger partial charge in [0.25, 0.3) is 0 Å². The molecule has 0 atom stereocenters. The molecule has 24 rings (SSSR count). The van der Waals surface area contributed by atoms with Crippen LogP contribution in [0.4, 0.5) is 0 Å². The highest BCUT2D eigenvalue weighted by molar-refractivity contribution is 6.14. The zero-order valence-corrected chi connectivity index (χ0v) is 64.6. The molecule has 16 aromatic carbocycles. The maximum absolute atomic E-state index is 5.44. The molecule has 24 aromatic rings. The number of para-hydroxylation sites is 8. The summed E-state index contributed by atoms with van der Waals surface area (Å²) in [5, 5.41) is 11.8. The van der Waals surface area contributed by atoms with Gasteiger partial charge in [0.05, 0.1) is 55.2 Å². The number of nitrogens with zero attached hydrogens (tertiary/aromatic N) is 12. The fraction of sp³-hybridized carbons (Fsp3) is 0. The van der Waals surface area contributed by atoms with Crippen molar-refractivity contribution in [3.05, 3.63) is 413 Å². The summed E-state index contributed by atoms with van der Waals surface area (Å²) in [6.45, 7) is 0. The van der Waals surface area contributed by atoms with Gasteiger partial charge in [0.1, 0.15) is 11.6 Å². The Labute approximate surface area is 688 Å². The normalized spacial score (nSPS) is 11.7. The molecule has 8 heterocycles. The third-order valence-electron chi connectivity index (χ3n) is 23.1. The van der Waals surface area contributed by atoms with Crippen LogP contribution >= 0.6 is 0 Å². The molecule has 0 saturated carbocycles. The Hall–Kier alpha value is -16.4. The lowest BCUT2D eigenvalue weighted by atomic mass is 9.98. The highest BCUT2D eigenvalue weighted by atomic mass is 15.1. The smallest absolute Gasteiger partial charge is 0.164 e. The lowest BCUT2D eigenvalue weighted by Gasteiger charge is -2.16. The first-order valence-electron chi connectivity index (χ1n) is 40.3. The van der Waals surface area contributed by atoms with E-state index in [-0.39, 0.29) is 0 Å². The van der Waals surface area contributed by atoms with E-state index in [0.29, 0.717) is 34.9 Å². The third kappa shape index (κ3) is 11.9. The maximum atomic E-state index is 5.44. The molecule has 0 amide bonds. The first-order valence-corrected chi connectivity index (χ1v) is 40.3. The van der Waals surface area contributed by atoms with Crippen molar-refractivity contribution in [2.24, 2.45) is 0 Å². The minimum absolute atomic E-state index is 0.608. The molecule has 0 aliphatic heterocycles. The van der Waals surface area contributed by atoms with Crippen molar-refractivity contribution in [3.8, 4) is 114 Å². The molecule has 0 spiro atoms. The zero-order chi connectivity index (χ0) is 79.1. The molecule has 0 fully saturated rings. The van der Waals surface area contributed by atoms with Crippen LogP contribution < -0.4 is 0 Å². The van der Waals surface area contributed by atoms with Crippen LogP contribution in [-0.4, -0.2) is 58.1 Å². The van der Waals surface area contributed by atoms with Gasteiger partial charge < -0.3 is 9.13 Å². The third-order valence-corrected chi connectivity index (χ3v) is 23.1. The van der Waals surface area contributed by atoms with Crippen LogP contribution in [0.25, 0.3) is 223 Å². The van der Waals surface area contributed by atoms with Gasteiger partial charge >= 0.3 is 0 Å². The number of aromatic nitrogens is 12. The summed E-state index contributed by atoms with van der Waals surface area (Å²) in [7, 11) is 0. The van der Waals surface area contributed by atoms with Crippen LogP contribution in [0.1, 0.15) is 0 Å². The lowest BCUT2D eigenvalue weighted by molar-refractivity contribution is 1.07. The number of pyridine rings is 2. The summed E-state index contributed by atoms with van der Waals surface area (Å²) in [6.07, 6.45) is 0. The Bertz CT molecular complexity index is 7830. The number of hydrogen-bond donors (Lipinski definition) is 0. The second-order valence-corrected chi connectivity index (χ2v) is 30.2. The van der Waals surface area contributed by atoms with E-state index in [1.807, 2.05) is 121 Å². The van der Waals surface area contributed by atoms with Gasteiger partial charge in [0, 0.05) is 98.6 Å². The number of rotatable bonds is 12. The Morgan fingerprint density at radius 1 is 0.142 bits per heavy atom. The van der Waals surface area contributed by atoms with Gasteiger partial charge in [-0.3, -0.25) is 9.13 Å². The van der Waals surface area contributed by atoms with Crippen molar-refractivity contribution in [2.45, 2.75) is 0 Å². The van der Waals surface area contributed by atoms with Crippen LogP contribution in [0.5, 0.6) is 0 Å². The van der Waals surface area contributed by atoms with Gasteiger partial charge in [-0.15, -0.1) is 0 Å². The van der Waals surface area contributed by atoms with Crippen LogP contribution in [0, 0.1) is 0 Å². The van der Waals surface area contributed by atoms with Gasteiger partial charge in [0.15, 0.2) is 34.9 Å². The van der Waals surface area contributed by atoms with E-state index in [0.717, 1.165) is 134 Å². The molecular formula is C108H68N12. The van der Waals surface area contributed by atoms with E-state index in [1.165, 1.54) is 54.1 Å². The van der Waals surface area contributed by atoms with E-state index < -0.39 is 0 Å². The summed E-state index contributed by atoms with van der Waals surface area (Å²) in [5.74, 6) is 5.47. The Kier molecular flexibility index (Phi) is 16.6. The molecule has 0 aliphatic rings. The highest BCUT2D eigenvalue weighted by Crippen LogP contribution is 2.43. The highest BCUT2D eigenvalue weighted by Gasteiger charge is 2.24. The van der Waals surface area contributed by atoms with Crippen molar-refractivity contribution < 1.29 is 0 Å². The van der Waals surface area contributed by atoms with E-state index in [2.05, 4.69) is 309 Å². The first-order chi connectivity index (χ1) is 59.5. The minimum Gasteiger partial charge on any atom is -0.309 e. The summed E-state index contributed by atoms with van der Waals surface area (Å²) in [4.78, 5) is 40.9. The SMILES string of the molecule is c1ccc(-c2nc(-c3ccccc3)nc(-c3ccc(-c4cc(-n5c6ccccc6c6ccccc65)nc5ccc(-n6c7ccccc7c7ccccc76)cc45)cc3)n2)cc1.c1ccc(-c2nc(-c3ccccc3)nc(-c3cccc(-c4cc(-n5c6ccccc6c6ccccc65)nc5ccc(-n6c7ccccc7c7ccccc76)cc45)c3)n2)cc1. The fourth-order valence-corrected chi connectivity index (χ4v) is 17.6. The van der Waals surface area contributed by atoms with Gasteiger partial charge in [-0.2, -0.15) is 0 Å². The summed E-state index contributed by atoms with van der Waals surface area (Å²) >= 11 is 0. The van der Waals surface area contributed by atoms with Crippen molar-refractivity contribution >= 4 is 109 Å². The summed E-state index contributed by atoms with van der Waals surface area (Å²) < 4.78 is 9.33. The Morgan fingerprint density at radius 2 is 0.375 bits per heavy atom. The van der Waals surface area contributed by atoms with E-state index in [4.69, 9.17) is 39.9 Å².